The van der Waals surface area contributed by atoms with E-state index in [2.05, 4.69) is 80.8 Å². The van der Waals surface area contributed by atoms with E-state index in [4.69, 9.17) is 0 Å². The van der Waals surface area contributed by atoms with Crippen molar-refractivity contribution in [2.45, 2.75) is 52.9 Å². The molecule has 0 aromatic rings. The van der Waals surface area contributed by atoms with Crippen molar-refractivity contribution in [1.29, 1.82) is 0 Å². The number of allylic oxidation sites excluding steroid dienone is 11. The van der Waals surface area contributed by atoms with Gasteiger partial charge in [0.15, 0.2) is 0 Å². The summed E-state index contributed by atoms with van der Waals surface area (Å²) in [5, 5.41) is 3.38. The Morgan fingerprint density at radius 2 is 2.00 bits per heavy atom. The molecule has 0 saturated carbocycles. The smallest absolute Gasteiger partial charge is 0.0307 e. The maximum Gasteiger partial charge on any atom is 0.0307 e. The molecule has 0 amide bonds. The van der Waals surface area contributed by atoms with Crippen molar-refractivity contribution in [2.24, 2.45) is 5.41 Å². The van der Waals surface area contributed by atoms with Crippen LogP contribution in [0, 0.1) is 17.3 Å². The molecule has 0 spiro atoms. The van der Waals surface area contributed by atoms with Crippen molar-refractivity contribution in [3.05, 3.63) is 97.0 Å². The Morgan fingerprint density at radius 1 is 1.25 bits per heavy atom. The average Bonchev–Trinajstić information content (AvgIpc) is 2.90. The lowest BCUT2D eigenvalue weighted by Gasteiger charge is -2.38. The molecule has 0 aliphatic heterocycles. The highest BCUT2D eigenvalue weighted by atomic mass is 14.9. The van der Waals surface area contributed by atoms with Crippen molar-refractivity contribution >= 4 is 0 Å². The molecule has 1 unspecified atom stereocenters. The third-order valence-electron chi connectivity index (χ3n) is 5.06. The maximum absolute atomic E-state index is 4.38. The molecule has 0 saturated heterocycles. The van der Waals surface area contributed by atoms with E-state index in [1.54, 1.807) is 0 Å². The van der Waals surface area contributed by atoms with E-state index in [0.717, 1.165) is 49.1 Å². The van der Waals surface area contributed by atoms with Gasteiger partial charge in [-0.15, -0.1) is 0 Å². The highest BCUT2D eigenvalue weighted by Crippen LogP contribution is 2.44. The normalized spacial score (nSPS) is 15.7. The maximum atomic E-state index is 4.38. The predicted molar refractivity (Wildman–Crippen MR) is 126 cm³/mol. The summed E-state index contributed by atoms with van der Waals surface area (Å²) in [6.45, 7) is 22.7. The van der Waals surface area contributed by atoms with Gasteiger partial charge in [-0.1, -0.05) is 80.2 Å². The van der Waals surface area contributed by atoms with Crippen molar-refractivity contribution in [2.75, 3.05) is 0 Å². The minimum atomic E-state index is -0.227. The van der Waals surface area contributed by atoms with E-state index in [1.165, 1.54) is 11.1 Å². The fourth-order valence-electron chi connectivity index (χ4n) is 3.47. The Hall–Kier alpha value is -2.72. The molecule has 1 aliphatic rings. The quantitative estimate of drug-likeness (QED) is 0.215. The molecule has 0 fully saturated rings. The van der Waals surface area contributed by atoms with Crippen molar-refractivity contribution in [3.63, 3.8) is 0 Å². The van der Waals surface area contributed by atoms with Crippen molar-refractivity contribution < 1.29 is 0 Å². The summed E-state index contributed by atoms with van der Waals surface area (Å²) in [7, 11) is 0. The van der Waals surface area contributed by atoms with Gasteiger partial charge in [0.2, 0.25) is 0 Å². The van der Waals surface area contributed by atoms with Gasteiger partial charge < -0.3 is 5.32 Å². The van der Waals surface area contributed by atoms with E-state index in [-0.39, 0.29) is 5.41 Å². The summed E-state index contributed by atoms with van der Waals surface area (Å²) >= 11 is 0. The zero-order valence-corrected chi connectivity index (χ0v) is 17.9. The zero-order chi connectivity index (χ0) is 21.0. The fourth-order valence-corrected chi connectivity index (χ4v) is 3.47. The molecule has 1 atom stereocenters. The van der Waals surface area contributed by atoms with E-state index < -0.39 is 0 Å². The summed E-state index contributed by atoms with van der Waals surface area (Å²) in [4.78, 5) is 0. The standard InChI is InChI=1S/C27H35N/c1-8-14-25(15-9-2)18-20-27(22(3)4,24(7)28-23(5)6)21-19-26-16-12-10-11-13-17-26/h8-9,12,14-17,28H,1,3,5,7,10,18-21H2,2,4,6H3/b15-9-,25-14+. The first kappa shape index (κ1) is 23.3. The van der Waals surface area contributed by atoms with Gasteiger partial charge in [0.05, 0.1) is 0 Å². The monoisotopic (exact) mass is 373 g/mol. The first-order chi connectivity index (χ1) is 13.4. The Labute approximate surface area is 172 Å². The summed E-state index contributed by atoms with van der Waals surface area (Å²) in [5.41, 5.74) is 5.27. The molecule has 0 heterocycles. The van der Waals surface area contributed by atoms with Crippen molar-refractivity contribution in [1.82, 2.24) is 5.32 Å². The SMILES string of the molecule is C=C/C=C(\C=C/C)CCC(CCC1=CC#CCC=C1)(C(=C)C)C(=C)NC(=C)C. The molecule has 1 rings (SSSR count). The Morgan fingerprint density at radius 3 is 2.61 bits per heavy atom. The number of hydrogen-bond donors (Lipinski definition) is 1. The van der Waals surface area contributed by atoms with E-state index in [0.29, 0.717) is 0 Å². The Balaban J connectivity index is 3.16. The molecule has 148 valence electrons. The third-order valence-corrected chi connectivity index (χ3v) is 5.06. The van der Waals surface area contributed by atoms with Crippen LogP contribution in [0.4, 0.5) is 0 Å². The van der Waals surface area contributed by atoms with Crippen LogP contribution in [0.25, 0.3) is 0 Å². The molecular formula is C27H35N. The van der Waals surface area contributed by atoms with E-state index in [1.807, 2.05) is 26.0 Å². The van der Waals surface area contributed by atoms with Crippen LogP contribution in [-0.2, 0) is 0 Å². The largest absolute Gasteiger partial charge is 0.363 e. The lowest BCUT2D eigenvalue weighted by Crippen LogP contribution is -2.32. The lowest BCUT2D eigenvalue weighted by atomic mass is 9.70. The predicted octanol–water partition coefficient (Wildman–Crippen LogP) is 7.32. The highest BCUT2D eigenvalue weighted by molar-refractivity contribution is 5.35. The number of rotatable bonds is 12. The Kier molecular flexibility index (Phi) is 9.89. The van der Waals surface area contributed by atoms with Gasteiger partial charge >= 0.3 is 0 Å². The summed E-state index contributed by atoms with van der Waals surface area (Å²) < 4.78 is 0. The van der Waals surface area contributed by atoms with Crippen LogP contribution >= 0.6 is 0 Å². The minimum Gasteiger partial charge on any atom is -0.363 e. The van der Waals surface area contributed by atoms with E-state index in [9.17, 15) is 0 Å². The van der Waals surface area contributed by atoms with Crippen molar-refractivity contribution in [3.8, 4) is 11.8 Å². The second-order valence-electron chi connectivity index (χ2n) is 7.37. The molecule has 1 nitrogen and oxygen atoms in total. The van der Waals surface area contributed by atoms with E-state index >= 15 is 0 Å². The van der Waals surface area contributed by atoms with Gasteiger partial charge in [-0.25, -0.2) is 0 Å². The third kappa shape index (κ3) is 7.12. The average molecular weight is 374 g/mol. The van der Waals surface area contributed by atoms with Crippen LogP contribution in [0.15, 0.2) is 97.0 Å². The fraction of sp³-hybridized carbons (Fsp3) is 0.333. The van der Waals surface area contributed by atoms with Crippen LogP contribution in [-0.4, -0.2) is 0 Å². The zero-order valence-electron chi connectivity index (χ0n) is 17.9. The molecule has 0 aromatic heterocycles. The summed E-state index contributed by atoms with van der Waals surface area (Å²) in [6.07, 6.45) is 19.0. The molecule has 0 bridgehead atoms. The van der Waals surface area contributed by atoms with Gasteiger partial charge in [-0.05, 0) is 63.7 Å². The summed E-state index contributed by atoms with van der Waals surface area (Å²) in [5.74, 6) is 6.25. The van der Waals surface area contributed by atoms with Gasteiger partial charge in [-0.3, -0.25) is 0 Å². The summed E-state index contributed by atoms with van der Waals surface area (Å²) in [6, 6.07) is 0. The first-order valence-electron chi connectivity index (χ1n) is 9.92. The van der Waals surface area contributed by atoms with Crippen LogP contribution in [0.5, 0.6) is 0 Å². The molecule has 1 N–H and O–H groups in total. The second kappa shape index (κ2) is 11.9. The second-order valence-corrected chi connectivity index (χ2v) is 7.37. The molecule has 28 heavy (non-hydrogen) atoms. The first-order valence-corrected chi connectivity index (χ1v) is 9.92. The lowest BCUT2D eigenvalue weighted by molar-refractivity contribution is 0.350. The van der Waals surface area contributed by atoms with Gasteiger partial charge in [0.25, 0.3) is 0 Å². The molecule has 0 aromatic carbocycles. The van der Waals surface area contributed by atoms with Gasteiger partial charge in [-0.2, -0.15) is 0 Å². The molecule has 1 aliphatic carbocycles. The highest BCUT2D eigenvalue weighted by Gasteiger charge is 2.34. The Bertz CT molecular complexity index is 786. The molecular weight excluding hydrogens is 338 g/mol. The van der Waals surface area contributed by atoms with Crippen LogP contribution in [0.3, 0.4) is 0 Å². The minimum absolute atomic E-state index is 0.227. The van der Waals surface area contributed by atoms with Gasteiger partial charge in [0, 0.05) is 23.2 Å². The number of nitrogens with one attached hydrogen (secondary N) is 1. The van der Waals surface area contributed by atoms with Crippen LogP contribution < -0.4 is 5.32 Å². The number of hydrogen-bond acceptors (Lipinski definition) is 1. The molecule has 0 radical (unpaired) electrons. The topological polar surface area (TPSA) is 12.0 Å². The van der Waals surface area contributed by atoms with Crippen LogP contribution in [0.1, 0.15) is 52.9 Å². The molecule has 1 heteroatoms. The van der Waals surface area contributed by atoms with Gasteiger partial charge in [0.1, 0.15) is 0 Å². The van der Waals surface area contributed by atoms with Crippen LogP contribution in [0.2, 0.25) is 0 Å².